The molecular formula is C31H24BNO2. The number of rotatable bonds is 2. The minimum absolute atomic E-state index is 0.105. The van der Waals surface area contributed by atoms with E-state index >= 15 is 0 Å². The number of para-hydroxylation sites is 1. The topological polar surface area (TPSA) is 45.4 Å². The number of nitrogens with zero attached hydrogens (tertiary/aromatic N) is 1. The first-order valence-corrected chi connectivity index (χ1v) is 12.0. The standard InChI is InChI=1S/C31H24BNO2/c1-31(2)24-13-5-3-11-20(24)22-17-23-21-12-4-6-15-27(21)33(29(23)18-25(22)31)28-16-8-10-19-9-7-14-26(30(19)28)32(34)35/h3-18,34-35H,1-2H3. The molecule has 0 bridgehead atoms. The Morgan fingerprint density at radius 2 is 1.40 bits per heavy atom. The first-order chi connectivity index (χ1) is 17.0. The molecule has 4 heteroatoms. The van der Waals surface area contributed by atoms with Gasteiger partial charge >= 0.3 is 7.12 Å². The van der Waals surface area contributed by atoms with Crippen molar-refractivity contribution in [1.29, 1.82) is 0 Å². The van der Waals surface area contributed by atoms with Gasteiger partial charge in [-0.05, 0) is 57.4 Å². The van der Waals surface area contributed by atoms with Crippen LogP contribution in [0.4, 0.5) is 0 Å². The van der Waals surface area contributed by atoms with Gasteiger partial charge in [-0.1, -0.05) is 86.6 Å². The molecule has 0 atom stereocenters. The molecule has 0 amide bonds. The lowest BCUT2D eigenvalue weighted by Crippen LogP contribution is -2.31. The molecule has 6 aromatic rings. The maximum Gasteiger partial charge on any atom is 0.489 e. The van der Waals surface area contributed by atoms with Crippen molar-refractivity contribution in [2.45, 2.75) is 19.3 Å². The summed E-state index contributed by atoms with van der Waals surface area (Å²) in [6.45, 7) is 4.60. The van der Waals surface area contributed by atoms with Gasteiger partial charge in [0.2, 0.25) is 0 Å². The SMILES string of the molecule is CC1(C)c2ccccc2-c2cc3c4ccccc4n(-c4cccc5cccc(B(O)O)c45)c3cc21. The normalized spacial score (nSPS) is 13.9. The first-order valence-electron chi connectivity index (χ1n) is 12.0. The van der Waals surface area contributed by atoms with Crippen molar-refractivity contribution in [3.63, 3.8) is 0 Å². The fourth-order valence-corrected chi connectivity index (χ4v) is 6.17. The Balaban J connectivity index is 1.66. The minimum Gasteiger partial charge on any atom is -0.423 e. The van der Waals surface area contributed by atoms with Crippen molar-refractivity contribution in [2.75, 3.05) is 0 Å². The third-order valence-electron chi connectivity index (χ3n) is 7.81. The summed E-state index contributed by atoms with van der Waals surface area (Å²) in [6.07, 6.45) is 0. The quantitative estimate of drug-likeness (QED) is 0.320. The number of hydrogen-bond acceptors (Lipinski definition) is 2. The third kappa shape index (κ3) is 2.69. The summed E-state index contributed by atoms with van der Waals surface area (Å²) < 4.78 is 2.29. The molecular weight excluding hydrogens is 429 g/mol. The van der Waals surface area contributed by atoms with Crippen LogP contribution in [-0.4, -0.2) is 21.7 Å². The molecule has 1 aliphatic rings. The highest BCUT2D eigenvalue weighted by Gasteiger charge is 2.36. The summed E-state index contributed by atoms with van der Waals surface area (Å²) in [4.78, 5) is 0. The number of fused-ring (bicyclic) bond motifs is 7. The van der Waals surface area contributed by atoms with Gasteiger partial charge < -0.3 is 14.6 Å². The van der Waals surface area contributed by atoms with Gasteiger partial charge in [0.25, 0.3) is 0 Å². The Hall–Kier alpha value is -3.86. The fourth-order valence-electron chi connectivity index (χ4n) is 6.17. The molecule has 0 unspecified atom stereocenters. The Labute approximate surface area is 204 Å². The second-order valence-electron chi connectivity index (χ2n) is 10.0. The van der Waals surface area contributed by atoms with E-state index in [4.69, 9.17) is 0 Å². The average molecular weight is 453 g/mol. The van der Waals surface area contributed by atoms with E-state index in [-0.39, 0.29) is 5.41 Å². The Bertz CT molecular complexity index is 1810. The molecule has 0 fully saturated rings. The van der Waals surface area contributed by atoms with Gasteiger partial charge in [-0.3, -0.25) is 0 Å². The molecule has 2 N–H and O–H groups in total. The van der Waals surface area contributed by atoms with Crippen LogP contribution in [0.2, 0.25) is 0 Å². The van der Waals surface area contributed by atoms with E-state index in [1.165, 1.54) is 33.0 Å². The number of hydrogen-bond donors (Lipinski definition) is 2. The van der Waals surface area contributed by atoms with Crippen LogP contribution < -0.4 is 5.46 Å². The predicted octanol–water partition coefficient (Wildman–Crippen LogP) is 5.92. The molecule has 0 aliphatic heterocycles. The zero-order valence-electron chi connectivity index (χ0n) is 19.7. The lowest BCUT2D eigenvalue weighted by Gasteiger charge is -2.22. The second kappa shape index (κ2) is 7.08. The lowest BCUT2D eigenvalue weighted by molar-refractivity contribution is 0.426. The second-order valence-corrected chi connectivity index (χ2v) is 10.0. The van der Waals surface area contributed by atoms with Crippen molar-refractivity contribution in [3.05, 3.63) is 108 Å². The Kier molecular flexibility index (Phi) is 4.15. The van der Waals surface area contributed by atoms with Crippen molar-refractivity contribution >= 4 is 45.2 Å². The minimum atomic E-state index is -1.55. The zero-order chi connectivity index (χ0) is 23.9. The maximum atomic E-state index is 10.2. The molecule has 0 saturated carbocycles. The van der Waals surface area contributed by atoms with E-state index in [1.54, 1.807) is 6.07 Å². The van der Waals surface area contributed by atoms with E-state index in [2.05, 4.69) is 85.1 Å². The van der Waals surface area contributed by atoms with Crippen LogP contribution in [0.5, 0.6) is 0 Å². The molecule has 0 saturated heterocycles. The van der Waals surface area contributed by atoms with Crippen LogP contribution in [0.15, 0.2) is 97.1 Å². The van der Waals surface area contributed by atoms with E-state index in [0.717, 1.165) is 27.5 Å². The van der Waals surface area contributed by atoms with Crippen LogP contribution >= 0.6 is 0 Å². The third-order valence-corrected chi connectivity index (χ3v) is 7.81. The Morgan fingerprint density at radius 3 is 2.23 bits per heavy atom. The van der Waals surface area contributed by atoms with Gasteiger partial charge in [-0.25, -0.2) is 0 Å². The van der Waals surface area contributed by atoms with Crippen molar-refractivity contribution in [3.8, 4) is 16.8 Å². The van der Waals surface area contributed by atoms with Gasteiger partial charge in [0.15, 0.2) is 0 Å². The Morgan fingerprint density at radius 1 is 0.657 bits per heavy atom. The molecule has 1 aliphatic carbocycles. The molecule has 5 aromatic carbocycles. The van der Waals surface area contributed by atoms with Crippen molar-refractivity contribution in [2.24, 2.45) is 0 Å². The van der Waals surface area contributed by atoms with Crippen LogP contribution in [0, 0.1) is 0 Å². The van der Waals surface area contributed by atoms with E-state index in [9.17, 15) is 10.0 Å². The van der Waals surface area contributed by atoms with Gasteiger partial charge in [0.1, 0.15) is 0 Å². The number of benzene rings is 5. The summed E-state index contributed by atoms with van der Waals surface area (Å²) in [5, 5.41) is 24.6. The highest BCUT2D eigenvalue weighted by atomic mass is 16.4. The molecule has 168 valence electrons. The highest BCUT2D eigenvalue weighted by molar-refractivity contribution is 6.62. The first kappa shape index (κ1) is 20.5. The van der Waals surface area contributed by atoms with Crippen LogP contribution in [-0.2, 0) is 5.41 Å². The fraction of sp³-hybridized carbons (Fsp3) is 0.0968. The van der Waals surface area contributed by atoms with Crippen molar-refractivity contribution < 1.29 is 10.0 Å². The highest BCUT2D eigenvalue weighted by Crippen LogP contribution is 2.51. The summed E-state index contributed by atoms with van der Waals surface area (Å²) in [5.74, 6) is 0. The van der Waals surface area contributed by atoms with E-state index in [0.29, 0.717) is 5.46 Å². The van der Waals surface area contributed by atoms with Crippen molar-refractivity contribution in [1.82, 2.24) is 4.57 Å². The molecule has 1 heterocycles. The average Bonchev–Trinajstić information content (AvgIpc) is 3.31. The van der Waals surface area contributed by atoms with E-state index < -0.39 is 7.12 Å². The lowest BCUT2D eigenvalue weighted by atomic mass is 9.76. The molecule has 1 aromatic heterocycles. The van der Waals surface area contributed by atoms with Crippen LogP contribution in [0.25, 0.3) is 49.4 Å². The van der Waals surface area contributed by atoms with Crippen LogP contribution in [0.1, 0.15) is 25.0 Å². The molecule has 0 spiro atoms. The smallest absolute Gasteiger partial charge is 0.423 e. The summed E-state index contributed by atoms with van der Waals surface area (Å²) in [5.41, 5.74) is 8.86. The van der Waals surface area contributed by atoms with E-state index in [1.807, 2.05) is 24.3 Å². The van der Waals surface area contributed by atoms with Gasteiger partial charge in [0, 0.05) is 21.6 Å². The molecule has 35 heavy (non-hydrogen) atoms. The van der Waals surface area contributed by atoms with Gasteiger partial charge in [-0.15, -0.1) is 0 Å². The summed E-state index contributed by atoms with van der Waals surface area (Å²) in [7, 11) is -1.55. The monoisotopic (exact) mass is 453 g/mol. The summed E-state index contributed by atoms with van der Waals surface area (Å²) >= 11 is 0. The molecule has 3 nitrogen and oxygen atoms in total. The molecule has 0 radical (unpaired) electrons. The molecule has 7 rings (SSSR count). The summed E-state index contributed by atoms with van der Waals surface area (Å²) in [6, 6.07) is 33.7. The van der Waals surface area contributed by atoms with Gasteiger partial charge in [-0.2, -0.15) is 0 Å². The van der Waals surface area contributed by atoms with Crippen LogP contribution in [0.3, 0.4) is 0 Å². The largest absolute Gasteiger partial charge is 0.489 e. The predicted molar refractivity (Wildman–Crippen MR) is 146 cm³/mol. The van der Waals surface area contributed by atoms with Gasteiger partial charge in [0.05, 0.1) is 16.7 Å². The maximum absolute atomic E-state index is 10.2. The zero-order valence-corrected chi connectivity index (χ0v) is 19.7. The number of aromatic nitrogens is 1.